The third-order valence-electron chi connectivity index (χ3n) is 4.34. The Kier molecular flexibility index (Phi) is 4.70. The van der Waals surface area contributed by atoms with Crippen LogP contribution in [-0.2, 0) is 9.53 Å². The zero-order chi connectivity index (χ0) is 18.6. The summed E-state index contributed by atoms with van der Waals surface area (Å²) in [6.45, 7) is -0.355. The van der Waals surface area contributed by atoms with E-state index < -0.39 is 11.9 Å². The van der Waals surface area contributed by atoms with Gasteiger partial charge < -0.3 is 10.1 Å². The molecule has 1 heterocycles. The van der Waals surface area contributed by atoms with Gasteiger partial charge in [0.1, 0.15) is 5.82 Å². The van der Waals surface area contributed by atoms with Crippen LogP contribution in [0.5, 0.6) is 0 Å². The summed E-state index contributed by atoms with van der Waals surface area (Å²) in [4.78, 5) is 24.3. The molecule has 6 nitrogen and oxygen atoms in total. The number of benzene rings is 2. The number of ether oxygens (including phenoxy) is 1. The van der Waals surface area contributed by atoms with Gasteiger partial charge in [-0.3, -0.25) is 4.79 Å². The molecule has 1 fully saturated rings. The first-order valence-electron chi connectivity index (χ1n) is 8.88. The lowest BCUT2D eigenvalue weighted by Gasteiger charge is -2.09. The fourth-order valence-corrected chi connectivity index (χ4v) is 2.80. The van der Waals surface area contributed by atoms with Crippen molar-refractivity contribution < 1.29 is 14.3 Å². The zero-order valence-electron chi connectivity index (χ0n) is 14.7. The number of hydrogen-bond donors (Lipinski definition) is 1. The van der Waals surface area contributed by atoms with Crippen LogP contribution in [0.15, 0.2) is 66.7 Å². The number of aromatic nitrogens is 2. The lowest BCUT2D eigenvalue weighted by atomic mass is 10.2. The average Bonchev–Trinajstić information content (AvgIpc) is 3.48. The van der Waals surface area contributed by atoms with Crippen molar-refractivity contribution in [3.63, 3.8) is 0 Å². The van der Waals surface area contributed by atoms with E-state index in [2.05, 4.69) is 10.4 Å². The van der Waals surface area contributed by atoms with Crippen LogP contribution in [0, 0.1) is 0 Å². The molecule has 0 bridgehead atoms. The number of nitrogens with zero attached hydrogens (tertiary/aromatic N) is 2. The van der Waals surface area contributed by atoms with Gasteiger partial charge in [-0.05, 0) is 37.1 Å². The molecular formula is C21H19N3O3. The van der Waals surface area contributed by atoms with Crippen LogP contribution in [-0.4, -0.2) is 28.3 Å². The van der Waals surface area contributed by atoms with Gasteiger partial charge >= 0.3 is 5.97 Å². The second kappa shape index (κ2) is 7.45. The molecule has 1 saturated carbocycles. The van der Waals surface area contributed by atoms with Crippen LogP contribution in [0.2, 0.25) is 0 Å². The predicted octanol–water partition coefficient (Wildman–Crippen LogP) is 3.55. The minimum Gasteiger partial charge on any atom is -0.452 e. The molecule has 1 aliphatic rings. The second-order valence-corrected chi connectivity index (χ2v) is 6.47. The van der Waals surface area contributed by atoms with Gasteiger partial charge in [0.05, 0.1) is 16.9 Å². The summed E-state index contributed by atoms with van der Waals surface area (Å²) in [7, 11) is 0. The SMILES string of the molecule is O=C(COC(=O)c1ccccc1)Nc1cc(C2CC2)nn1-c1ccccc1. The lowest BCUT2D eigenvalue weighted by molar-refractivity contribution is -0.119. The van der Waals surface area contributed by atoms with Crippen molar-refractivity contribution in [3.05, 3.63) is 78.0 Å². The number of amides is 1. The topological polar surface area (TPSA) is 73.2 Å². The van der Waals surface area contributed by atoms with Gasteiger partial charge in [-0.1, -0.05) is 36.4 Å². The third kappa shape index (κ3) is 4.06. The van der Waals surface area contributed by atoms with E-state index in [9.17, 15) is 9.59 Å². The molecule has 0 aliphatic heterocycles. The van der Waals surface area contributed by atoms with E-state index in [0.717, 1.165) is 24.2 Å². The molecule has 1 aromatic heterocycles. The van der Waals surface area contributed by atoms with E-state index in [0.29, 0.717) is 17.3 Å². The van der Waals surface area contributed by atoms with Crippen molar-refractivity contribution in [1.29, 1.82) is 0 Å². The van der Waals surface area contributed by atoms with E-state index >= 15 is 0 Å². The first-order chi connectivity index (χ1) is 13.2. The Hall–Kier alpha value is -3.41. The molecule has 0 saturated heterocycles. The first kappa shape index (κ1) is 17.0. The molecule has 136 valence electrons. The van der Waals surface area contributed by atoms with Crippen molar-refractivity contribution in [2.45, 2.75) is 18.8 Å². The van der Waals surface area contributed by atoms with Gasteiger partial charge in [-0.25, -0.2) is 9.48 Å². The van der Waals surface area contributed by atoms with E-state index in [1.54, 1.807) is 28.9 Å². The van der Waals surface area contributed by atoms with E-state index in [1.807, 2.05) is 42.5 Å². The minimum absolute atomic E-state index is 0.355. The molecule has 0 atom stereocenters. The van der Waals surface area contributed by atoms with Crippen LogP contribution in [0.25, 0.3) is 5.69 Å². The van der Waals surface area contributed by atoms with E-state index in [-0.39, 0.29) is 6.61 Å². The highest BCUT2D eigenvalue weighted by molar-refractivity contribution is 5.95. The summed E-state index contributed by atoms with van der Waals surface area (Å²) in [5.41, 5.74) is 2.24. The maximum absolute atomic E-state index is 12.3. The highest BCUT2D eigenvalue weighted by Crippen LogP contribution is 2.40. The lowest BCUT2D eigenvalue weighted by Crippen LogP contribution is -2.22. The number of anilines is 1. The van der Waals surface area contributed by atoms with Gasteiger partial charge in [-0.15, -0.1) is 0 Å². The Balaban J connectivity index is 1.45. The summed E-state index contributed by atoms with van der Waals surface area (Å²) in [5.74, 6) is 0.102. The van der Waals surface area contributed by atoms with Crippen molar-refractivity contribution in [1.82, 2.24) is 9.78 Å². The summed E-state index contributed by atoms with van der Waals surface area (Å²) in [6.07, 6.45) is 2.24. The predicted molar refractivity (Wildman–Crippen MR) is 101 cm³/mol. The molecule has 6 heteroatoms. The molecule has 4 rings (SSSR count). The molecule has 3 aromatic rings. The minimum atomic E-state index is -0.527. The molecule has 1 amide bonds. The molecule has 1 N–H and O–H groups in total. The first-order valence-corrected chi connectivity index (χ1v) is 8.88. The number of rotatable bonds is 6. The quantitative estimate of drug-likeness (QED) is 0.682. The average molecular weight is 361 g/mol. The Labute approximate surface area is 156 Å². The molecule has 0 spiro atoms. The normalized spacial score (nSPS) is 13.2. The Morgan fingerprint density at radius 1 is 1.04 bits per heavy atom. The summed E-state index contributed by atoms with van der Waals surface area (Å²) in [5, 5.41) is 7.44. The summed E-state index contributed by atoms with van der Waals surface area (Å²) < 4.78 is 6.81. The highest BCUT2D eigenvalue weighted by atomic mass is 16.5. The molecular weight excluding hydrogens is 342 g/mol. The van der Waals surface area contributed by atoms with Crippen LogP contribution >= 0.6 is 0 Å². The molecule has 0 unspecified atom stereocenters. The smallest absolute Gasteiger partial charge is 0.338 e. The van der Waals surface area contributed by atoms with E-state index in [1.165, 1.54) is 0 Å². The van der Waals surface area contributed by atoms with Crippen LogP contribution in [0.4, 0.5) is 5.82 Å². The summed E-state index contributed by atoms with van der Waals surface area (Å²) >= 11 is 0. The largest absolute Gasteiger partial charge is 0.452 e. The number of esters is 1. The Morgan fingerprint density at radius 2 is 1.70 bits per heavy atom. The van der Waals surface area contributed by atoms with Gasteiger partial charge in [-0.2, -0.15) is 5.10 Å². The fraction of sp³-hybridized carbons (Fsp3) is 0.190. The van der Waals surface area contributed by atoms with Gasteiger partial charge in [0.25, 0.3) is 5.91 Å². The van der Waals surface area contributed by atoms with Crippen molar-refractivity contribution in [3.8, 4) is 5.69 Å². The maximum Gasteiger partial charge on any atom is 0.338 e. The third-order valence-corrected chi connectivity index (χ3v) is 4.34. The molecule has 0 radical (unpaired) electrons. The monoisotopic (exact) mass is 361 g/mol. The number of nitrogens with one attached hydrogen (secondary N) is 1. The Bertz CT molecular complexity index is 947. The number of carbonyl (C=O) groups excluding carboxylic acids is 2. The standard InChI is InChI=1S/C21H19N3O3/c25-20(14-27-21(26)16-7-3-1-4-8-16)22-19-13-18(15-11-12-15)23-24(19)17-9-5-2-6-10-17/h1-10,13,15H,11-12,14H2,(H,22,25). The van der Waals surface area contributed by atoms with Crippen molar-refractivity contribution in [2.75, 3.05) is 11.9 Å². The van der Waals surface area contributed by atoms with Gasteiger partial charge in [0.2, 0.25) is 0 Å². The number of hydrogen-bond acceptors (Lipinski definition) is 4. The number of para-hydroxylation sites is 1. The van der Waals surface area contributed by atoms with Gasteiger partial charge in [0, 0.05) is 12.0 Å². The second-order valence-electron chi connectivity index (χ2n) is 6.47. The van der Waals surface area contributed by atoms with Crippen LogP contribution in [0.1, 0.15) is 34.8 Å². The Morgan fingerprint density at radius 3 is 2.37 bits per heavy atom. The van der Waals surface area contributed by atoms with Crippen LogP contribution in [0.3, 0.4) is 0 Å². The van der Waals surface area contributed by atoms with Crippen LogP contribution < -0.4 is 5.32 Å². The molecule has 1 aliphatic carbocycles. The summed E-state index contributed by atoms with van der Waals surface area (Å²) in [6, 6.07) is 20.1. The molecule has 2 aromatic carbocycles. The molecule has 27 heavy (non-hydrogen) atoms. The maximum atomic E-state index is 12.3. The fourth-order valence-electron chi connectivity index (χ4n) is 2.80. The van der Waals surface area contributed by atoms with Crippen molar-refractivity contribution in [2.24, 2.45) is 0 Å². The zero-order valence-corrected chi connectivity index (χ0v) is 14.7. The number of carbonyl (C=O) groups is 2. The van der Waals surface area contributed by atoms with Crippen molar-refractivity contribution >= 4 is 17.7 Å². The van der Waals surface area contributed by atoms with Gasteiger partial charge in [0.15, 0.2) is 6.61 Å². The highest BCUT2D eigenvalue weighted by Gasteiger charge is 2.28. The van der Waals surface area contributed by atoms with E-state index in [4.69, 9.17) is 4.74 Å².